The molecular weight excluding hydrogens is 613 g/mol. The number of carbonyl (C=O) groups excluding carboxylic acids is 1. The number of pyridine rings is 1. The van der Waals surface area contributed by atoms with Crippen LogP contribution >= 0.6 is 0 Å². The van der Waals surface area contributed by atoms with Gasteiger partial charge in [-0.3, -0.25) is 9.58 Å². The zero-order valence-electron chi connectivity index (χ0n) is 26.9. The molecule has 246 valence electrons. The number of nitrogens with zero attached hydrogens (tertiary/aromatic N) is 7. The normalized spacial score (nSPS) is 16.8. The molecule has 2 aliphatic rings. The molecule has 1 unspecified atom stereocenters. The van der Waals surface area contributed by atoms with E-state index in [1.807, 2.05) is 49.6 Å². The fourth-order valence-corrected chi connectivity index (χ4v) is 6.44. The molecule has 3 aromatic heterocycles. The average Bonchev–Trinajstić information content (AvgIpc) is 3.67. The average molecular weight is 650 g/mol. The predicted octanol–water partition coefficient (Wildman–Crippen LogP) is 5.38. The van der Waals surface area contributed by atoms with Gasteiger partial charge in [0.25, 0.3) is 0 Å². The number of aryl methyl sites for hydroxylation is 1. The first-order chi connectivity index (χ1) is 23.4. The summed E-state index contributed by atoms with van der Waals surface area (Å²) in [6.07, 6.45) is 4.78. The van der Waals surface area contributed by atoms with Crippen molar-refractivity contribution < 1.29 is 23.4 Å². The SMILES string of the molecule is COC(=O)c1cc2c(cc1-c1ccn(C)n1)nc(CN1CCC(c3cccc(OCc4ccc(C#N)cc4F)n3)CC1)n2CC1CCO1. The number of rotatable bonds is 10. The lowest BCUT2D eigenvalue weighted by Gasteiger charge is -2.32. The van der Waals surface area contributed by atoms with Crippen molar-refractivity contribution in [3.05, 3.63) is 94.8 Å². The summed E-state index contributed by atoms with van der Waals surface area (Å²) in [6.45, 7) is 3.84. The highest BCUT2D eigenvalue weighted by Crippen LogP contribution is 2.32. The van der Waals surface area contributed by atoms with Crippen LogP contribution in [0.25, 0.3) is 22.3 Å². The number of methoxy groups -OCH3 is 1. The summed E-state index contributed by atoms with van der Waals surface area (Å²) >= 11 is 0. The van der Waals surface area contributed by atoms with Crippen LogP contribution in [0.4, 0.5) is 4.39 Å². The largest absolute Gasteiger partial charge is 0.473 e. The van der Waals surface area contributed by atoms with E-state index in [2.05, 4.69) is 14.6 Å². The fraction of sp³-hybridized carbons (Fsp3) is 0.361. The van der Waals surface area contributed by atoms with E-state index < -0.39 is 11.8 Å². The maximum Gasteiger partial charge on any atom is 0.338 e. The number of halogens is 1. The minimum atomic E-state index is -0.469. The molecule has 7 rings (SSSR count). The number of aromatic nitrogens is 5. The zero-order valence-corrected chi connectivity index (χ0v) is 26.9. The van der Waals surface area contributed by atoms with Crippen LogP contribution in [0.5, 0.6) is 5.88 Å². The van der Waals surface area contributed by atoms with Crippen molar-refractivity contribution in [1.82, 2.24) is 29.2 Å². The molecule has 0 radical (unpaired) electrons. The van der Waals surface area contributed by atoms with Gasteiger partial charge >= 0.3 is 5.97 Å². The van der Waals surface area contributed by atoms with Gasteiger partial charge in [0.2, 0.25) is 5.88 Å². The van der Waals surface area contributed by atoms with Crippen molar-refractivity contribution in [3.63, 3.8) is 0 Å². The molecule has 0 bridgehead atoms. The molecule has 0 saturated carbocycles. The first-order valence-electron chi connectivity index (χ1n) is 16.1. The van der Waals surface area contributed by atoms with Gasteiger partial charge in [0.15, 0.2) is 0 Å². The number of likely N-dealkylation sites (tertiary alicyclic amines) is 1. The summed E-state index contributed by atoms with van der Waals surface area (Å²) in [5.41, 5.74) is 5.10. The molecule has 48 heavy (non-hydrogen) atoms. The van der Waals surface area contributed by atoms with E-state index in [0.29, 0.717) is 41.4 Å². The summed E-state index contributed by atoms with van der Waals surface area (Å²) < 4.78 is 35.0. The number of benzene rings is 2. The third-order valence-electron chi connectivity index (χ3n) is 9.21. The second kappa shape index (κ2) is 13.5. The first-order valence-corrected chi connectivity index (χ1v) is 16.1. The summed E-state index contributed by atoms with van der Waals surface area (Å²) in [5.74, 6) is 0.753. The Labute approximate surface area is 277 Å². The molecule has 0 aliphatic carbocycles. The number of esters is 1. The number of carbonyl (C=O) groups is 1. The van der Waals surface area contributed by atoms with Gasteiger partial charge in [-0.15, -0.1) is 0 Å². The third kappa shape index (κ3) is 6.52. The van der Waals surface area contributed by atoms with Crippen LogP contribution in [0.15, 0.2) is 60.8 Å². The molecule has 5 heterocycles. The van der Waals surface area contributed by atoms with E-state index in [9.17, 15) is 9.18 Å². The van der Waals surface area contributed by atoms with Gasteiger partial charge < -0.3 is 18.8 Å². The Bertz CT molecular complexity index is 2000. The van der Waals surface area contributed by atoms with Crippen LogP contribution < -0.4 is 4.74 Å². The Hall–Kier alpha value is -5.12. The number of nitriles is 1. The van der Waals surface area contributed by atoms with Gasteiger partial charge in [0.1, 0.15) is 18.2 Å². The Balaban J connectivity index is 1.07. The Morgan fingerprint density at radius 1 is 1.10 bits per heavy atom. The molecule has 0 N–H and O–H groups in total. The van der Waals surface area contributed by atoms with Crippen LogP contribution in [0.2, 0.25) is 0 Å². The zero-order chi connectivity index (χ0) is 33.2. The summed E-state index contributed by atoms with van der Waals surface area (Å²) in [6, 6.07) is 17.7. The molecule has 11 nitrogen and oxygen atoms in total. The van der Waals surface area contributed by atoms with Crippen molar-refractivity contribution in [3.8, 4) is 23.2 Å². The van der Waals surface area contributed by atoms with E-state index in [-0.39, 0.29) is 24.2 Å². The minimum Gasteiger partial charge on any atom is -0.473 e. The number of ether oxygens (including phenoxy) is 3. The number of hydrogen-bond acceptors (Lipinski definition) is 9. The maximum atomic E-state index is 14.3. The van der Waals surface area contributed by atoms with Crippen molar-refractivity contribution in [2.45, 2.75) is 51.0 Å². The lowest BCUT2D eigenvalue weighted by Crippen LogP contribution is -2.35. The molecule has 2 aliphatic heterocycles. The highest BCUT2D eigenvalue weighted by atomic mass is 19.1. The first kappa shape index (κ1) is 31.5. The second-order valence-electron chi connectivity index (χ2n) is 12.3. The molecule has 0 spiro atoms. The maximum absolute atomic E-state index is 14.3. The van der Waals surface area contributed by atoms with Gasteiger partial charge in [-0.25, -0.2) is 19.2 Å². The molecule has 2 aromatic carbocycles. The van der Waals surface area contributed by atoms with Gasteiger partial charge in [0.05, 0.1) is 60.2 Å². The van der Waals surface area contributed by atoms with Crippen LogP contribution in [0.3, 0.4) is 0 Å². The molecule has 12 heteroatoms. The van der Waals surface area contributed by atoms with Crippen LogP contribution in [-0.4, -0.2) is 68.1 Å². The van der Waals surface area contributed by atoms with E-state index in [0.717, 1.165) is 61.5 Å². The van der Waals surface area contributed by atoms with Gasteiger partial charge in [0, 0.05) is 48.7 Å². The molecule has 2 saturated heterocycles. The van der Waals surface area contributed by atoms with Crippen molar-refractivity contribution in [1.29, 1.82) is 5.26 Å². The number of imidazole rings is 1. The summed E-state index contributed by atoms with van der Waals surface area (Å²) in [7, 11) is 3.23. The smallest absolute Gasteiger partial charge is 0.338 e. The molecule has 5 aromatic rings. The van der Waals surface area contributed by atoms with Crippen molar-refractivity contribution in [2.24, 2.45) is 7.05 Å². The molecule has 1 atom stereocenters. The number of hydrogen-bond donors (Lipinski definition) is 0. The number of piperidine rings is 1. The lowest BCUT2D eigenvalue weighted by molar-refractivity contribution is -0.0592. The van der Waals surface area contributed by atoms with E-state index in [1.54, 1.807) is 22.9 Å². The standard InChI is InChI=1S/C36H36FN7O4/c1-42-12-10-31(41-42)27-17-32-33(18-28(27)36(45)46-2)44(20-26-11-15-47-26)34(39-32)21-43-13-8-24(9-14-43)30-4-3-5-35(40-30)48-22-25-7-6-23(19-38)16-29(25)37/h3-7,10,12,16-18,24,26H,8-9,11,13-15,20-22H2,1-2H3. The van der Waals surface area contributed by atoms with Crippen molar-refractivity contribution >= 4 is 17.0 Å². The Kier molecular flexibility index (Phi) is 8.88. The topological polar surface area (TPSA) is 120 Å². The second-order valence-corrected chi connectivity index (χ2v) is 12.3. The fourth-order valence-electron chi connectivity index (χ4n) is 6.44. The van der Waals surface area contributed by atoms with Gasteiger partial charge in [-0.1, -0.05) is 12.1 Å². The van der Waals surface area contributed by atoms with Crippen molar-refractivity contribution in [2.75, 3.05) is 26.8 Å². The minimum absolute atomic E-state index is 0.0316. The highest BCUT2D eigenvalue weighted by molar-refractivity contribution is 6.01. The summed E-state index contributed by atoms with van der Waals surface area (Å²) in [4.78, 5) is 25.2. The van der Waals surface area contributed by atoms with E-state index in [4.69, 9.17) is 29.4 Å². The van der Waals surface area contributed by atoms with Crippen LogP contribution in [0, 0.1) is 17.1 Å². The van der Waals surface area contributed by atoms with Crippen LogP contribution in [0.1, 0.15) is 58.2 Å². The Morgan fingerprint density at radius 2 is 1.94 bits per heavy atom. The monoisotopic (exact) mass is 649 g/mol. The third-order valence-corrected chi connectivity index (χ3v) is 9.21. The van der Waals surface area contributed by atoms with E-state index in [1.165, 1.54) is 13.2 Å². The molecular formula is C36H36FN7O4. The summed E-state index contributed by atoms with van der Waals surface area (Å²) in [5, 5.41) is 13.5. The van der Waals surface area contributed by atoms with Crippen LogP contribution in [-0.2, 0) is 36.2 Å². The van der Waals surface area contributed by atoms with E-state index >= 15 is 0 Å². The highest BCUT2D eigenvalue weighted by Gasteiger charge is 2.27. The van der Waals surface area contributed by atoms with Gasteiger partial charge in [-0.05, 0) is 68.8 Å². The molecule has 0 amide bonds. The quantitative estimate of drug-likeness (QED) is 0.184. The lowest BCUT2D eigenvalue weighted by atomic mass is 9.93. The number of fused-ring (bicyclic) bond motifs is 1. The Morgan fingerprint density at radius 3 is 2.62 bits per heavy atom. The predicted molar refractivity (Wildman–Crippen MR) is 175 cm³/mol. The molecule has 2 fully saturated rings. The van der Waals surface area contributed by atoms with Gasteiger partial charge in [-0.2, -0.15) is 10.4 Å².